The number of hydrogen-bond acceptors (Lipinski definition) is 2. The summed E-state index contributed by atoms with van der Waals surface area (Å²) in [6.07, 6.45) is 1.81. The van der Waals surface area contributed by atoms with E-state index in [9.17, 15) is 4.79 Å². The van der Waals surface area contributed by atoms with Crippen LogP contribution >= 0.6 is 12.2 Å². The van der Waals surface area contributed by atoms with Gasteiger partial charge in [-0.3, -0.25) is 15.6 Å². The van der Waals surface area contributed by atoms with Crippen LogP contribution in [0.4, 0.5) is 5.69 Å². The number of carbonyl (C=O) groups is 1. The standard InChI is InChI=1S/C20H22N4OS/c1-13(2)14-8-10-15(11-9-14)21-20(26)23-22-19(25)17-12-24(3)18-7-5-4-6-16(17)18/h4-13H,1-3H3,(H,22,25)(H2,21,23,26). The maximum atomic E-state index is 12.5. The number of para-hydroxylation sites is 1. The van der Waals surface area contributed by atoms with Crippen molar-refractivity contribution in [2.75, 3.05) is 5.32 Å². The van der Waals surface area contributed by atoms with Gasteiger partial charge in [0.15, 0.2) is 5.11 Å². The number of amides is 1. The van der Waals surface area contributed by atoms with Gasteiger partial charge in [0.2, 0.25) is 0 Å². The molecule has 5 nitrogen and oxygen atoms in total. The zero-order chi connectivity index (χ0) is 18.7. The molecule has 3 N–H and O–H groups in total. The Morgan fingerprint density at radius 2 is 1.73 bits per heavy atom. The lowest BCUT2D eigenvalue weighted by Crippen LogP contribution is -2.43. The van der Waals surface area contributed by atoms with Crippen LogP contribution in [0.3, 0.4) is 0 Å². The highest BCUT2D eigenvalue weighted by molar-refractivity contribution is 7.80. The third-order valence-electron chi connectivity index (χ3n) is 4.27. The topological polar surface area (TPSA) is 58.1 Å². The van der Waals surface area contributed by atoms with Crippen LogP contribution in [0.1, 0.15) is 35.7 Å². The molecule has 0 saturated carbocycles. The van der Waals surface area contributed by atoms with Crippen LogP contribution in [0.2, 0.25) is 0 Å². The van der Waals surface area contributed by atoms with E-state index in [1.807, 2.05) is 54.2 Å². The lowest BCUT2D eigenvalue weighted by atomic mass is 10.0. The minimum absolute atomic E-state index is 0.235. The van der Waals surface area contributed by atoms with Crippen molar-refractivity contribution in [3.05, 3.63) is 65.9 Å². The van der Waals surface area contributed by atoms with Crippen molar-refractivity contribution in [3.63, 3.8) is 0 Å². The van der Waals surface area contributed by atoms with Crippen molar-refractivity contribution in [1.29, 1.82) is 0 Å². The molecule has 3 aromatic rings. The van der Waals surface area contributed by atoms with E-state index < -0.39 is 0 Å². The molecule has 0 aliphatic carbocycles. The molecule has 0 atom stereocenters. The Hall–Kier alpha value is -2.86. The van der Waals surface area contributed by atoms with Crippen LogP contribution < -0.4 is 16.2 Å². The number of aryl methyl sites for hydroxylation is 1. The minimum Gasteiger partial charge on any atom is -0.350 e. The van der Waals surface area contributed by atoms with Gasteiger partial charge in [-0.25, -0.2) is 0 Å². The summed E-state index contributed by atoms with van der Waals surface area (Å²) in [4.78, 5) is 12.5. The number of fused-ring (bicyclic) bond motifs is 1. The average molecular weight is 366 g/mol. The quantitative estimate of drug-likeness (QED) is 0.486. The molecule has 0 radical (unpaired) electrons. The normalized spacial score (nSPS) is 10.8. The van der Waals surface area contributed by atoms with E-state index in [0.29, 0.717) is 16.6 Å². The molecule has 6 heteroatoms. The van der Waals surface area contributed by atoms with Crippen molar-refractivity contribution in [2.24, 2.45) is 7.05 Å². The first kappa shape index (κ1) is 17.9. The third kappa shape index (κ3) is 3.86. The first-order valence-corrected chi connectivity index (χ1v) is 8.88. The summed E-state index contributed by atoms with van der Waals surface area (Å²) in [6.45, 7) is 4.30. The average Bonchev–Trinajstić information content (AvgIpc) is 2.97. The molecule has 0 fully saturated rings. The second-order valence-corrected chi connectivity index (χ2v) is 6.89. The molecule has 0 unspecified atom stereocenters. The van der Waals surface area contributed by atoms with E-state index in [-0.39, 0.29) is 5.91 Å². The monoisotopic (exact) mass is 366 g/mol. The Balaban J connectivity index is 1.61. The number of benzene rings is 2. The van der Waals surface area contributed by atoms with E-state index in [2.05, 4.69) is 42.1 Å². The highest BCUT2D eigenvalue weighted by Gasteiger charge is 2.13. The second-order valence-electron chi connectivity index (χ2n) is 6.48. The number of anilines is 1. The number of nitrogens with one attached hydrogen (secondary N) is 3. The smallest absolute Gasteiger partial charge is 0.271 e. The predicted molar refractivity (Wildman–Crippen MR) is 110 cm³/mol. The zero-order valence-electron chi connectivity index (χ0n) is 15.0. The molecule has 1 amide bonds. The summed E-state index contributed by atoms with van der Waals surface area (Å²) in [5.74, 6) is 0.246. The van der Waals surface area contributed by atoms with Gasteiger partial charge in [-0.05, 0) is 41.9 Å². The van der Waals surface area contributed by atoms with Crippen LogP contribution in [0.15, 0.2) is 54.7 Å². The molecular weight excluding hydrogens is 344 g/mol. The summed E-state index contributed by atoms with van der Waals surface area (Å²) < 4.78 is 1.93. The van der Waals surface area contributed by atoms with Crippen molar-refractivity contribution >= 4 is 39.8 Å². The molecule has 3 rings (SSSR count). The lowest BCUT2D eigenvalue weighted by Gasteiger charge is -2.12. The van der Waals surface area contributed by atoms with Gasteiger partial charge in [0, 0.05) is 29.8 Å². The van der Waals surface area contributed by atoms with Crippen molar-refractivity contribution in [2.45, 2.75) is 19.8 Å². The fourth-order valence-electron chi connectivity index (χ4n) is 2.82. The van der Waals surface area contributed by atoms with E-state index in [1.165, 1.54) is 5.56 Å². The largest absolute Gasteiger partial charge is 0.350 e. The number of carbonyl (C=O) groups excluding carboxylic acids is 1. The number of hydrogen-bond donors (Lipinski definition) is 3. The van der Waals surface area contributed by atoms with Crippen LogP contribution in [0.5, 0.6) is 0 Å². The van der Waals surface area contributed by atoms with Crippen molar-refractivity contribution < 1.29 is 4.79 Å². The molecule has 134 valence electrons. The fraction of sp³-hybridized carbons (Fsp3) is 0.200. The first-order valence-electron chi connectivity index (χ1n) is 8.47. The van der Waals surface area contributed by atoms with Crippen molar-refractivity contribution in [1.82, 2.24) is 15.4 Å². The molecule has 1 heterocycles. The molecule has 0 spiro atoms. The highest BCUT2D eigenvalue weighted by Crippen LogP contribution is 2.20. The Morgan fingerprint density at radius 1 is 1.04 bits per heavy atom. The van der Waals surface area contributed by atoms with Crippen LogP contribution in [-0.4, -0.2) is 15.6 Å². The van der Waals surface area contributed by atoms with E-state index in [1.54, 1.807) is 0 Å². The summed E-state index contributed by atoms with van der Waals surface area (Å²) in [5.41, 5.74) is 9.13. The number of thiocarbonyl (C=S) groups is 1. The van der Waals surface area contributed by atoms with E-state index >= 15 is 0 Å². The van der Waals surface area contributed by atoms with Gasteiger partial charge in [-0.1, -0.05) is 44.2 Å². The molecule has 0 aliphatic rings. The van der Waals surface area contributed by atoms with Gasteiger partial charge in [-0.15, -0.1) is 0 Å². The summed E-state index contributed by atoms with van der Waals surface area (Å²) in [7, 11) is 1.92. The van der Waals surface area contributed by atoms with Gasteiger partial charge >= 0.3 is 0 Å². The maximum absolute atomic E-state index is 12.5. The van der Waals surface area contributed by atoms with Gasteiger partial charge in [0.1, 0.15) is 0 Å². The summed E-state index contributed by atoms with van der Waals surface area (Å²) in [6, 6.07) is 15.8. The fourth-order valence-corrected chi connectivity index (χ4v) is 2.99. The van der Waals surface area contributed by atoms with Crippen LogP contribution in [0.25, 0.3) is 10.9 Å². The second kappa shape index (κ2) is 7.58. The number of nitrogens with zero attached hydrogens (tertiary/aromatic N) is 1. The Kier molecular flexibility index (Phi) is 5.23. The number of rotatable bonds is 3. The lowest BCUT2D eigenvalue weighted by molar-refractivity contribution is 0.0945. The SMILES string of the molecule is CC(C)c1ccc(NC(=S)NNC(=O)c2cn(C)c3ccccc23)cc1. The molecule has 0 aliphatic heterocycles. The van der Waals surface area contributed by atoms with Gasteiger partial charge in [-0.2, -0.15) is 0 Å². The Bertz CT molecular complexity index is 944. The molecule has 26 heavy (non-hydrogen) atoms. The predicted octanol–water partition coefficient (Wildman–Crippen LogP) is 3.93. The maximum Gasteiger partial charge on any atom is 0.271 e. The van der Waals surface area contributed by atoms with Crippen LogP contribution in [0, 0.1) is 0 Å². The molecule has 2 aromatic carbocycles. The highest BCUT2D eigenvalue weighted by atomic mass is 32.1. The first-order chi connectivity index (χ1) is 12.5. The van der Waals surface area contributed by atoms with Crippen molar-refractivity contribution in [3.8, 4) is 0 Å². The van der Waals surface area contributed by atoms with Crippen LogP contribution in [-0.2, 0) is 7.05 Å². The molecular formula is C20H22N4OS. The molecule has 0 saturated heterocycles. The van der Waals surface area contributed by atoms with Gasteiger partial charge in [0.05, 0.1) is 5.56 Å². The summed E-state index contributed by atoms with van der Waals surface area (Å²) >= 11 is 5.25. The van der Waals surface area contributed by atoms with Gasteiger partial charge < -0.3 is 9.88 Å². The number of aromatic nitrogens is 1. The van der Waals surface area contributed by atoms with E-state index in [4.69, 9.17) is 12.2 Å². The Labute approximate surface area is 158 Å². The number of hydrazine groups is 1. The van der Waals surface area contributed by atoms with E-state index in [0.717, 1.165) is 16.6 Å². The van der Waals surface area contributed by atoms with Gasteiger partial charge in [0.25, 0.3) is 5.91 Å². The minimum atomic E-state index is -0.235. The molecule has 1 aromatic heterocycles. The third-order valence-corrected chi connectivity index (χ3v) is 4.47. The molecule has 0 bridgehead atoms. The summed E-state index contributed by atoms with van der Waals surface area (Å²) in [5, 5.41) is 4.29. The zero-order valence-corrected chi connectivity index (χ0v) is 15.9. The Morgan fingerprint density at radius 3 is 2.42 bits per heavy atom.